The zero-order valence-electron chi connectivity index (χ0n) is 21.7. The molecule has 0 N–H and O–H groups in total. The zero-order valence-corrected chi connectivity index (χ0v) is 24.9. The summed E-state index contributed by atoms with van der Waals surface area (Å²) in [5, 5.41) is 0.862. The van der Waals surface area contributed by atoms with E-state index in [1.54, 1.807) is 6.16 Å². The molecule has 0 amide bonds. The van der Waals surface area contributed by atoms with Gasteiger partial charge in [-0.05, 0) is 0 Å². The summed E-state index contributed by atoms with van der Waals surface area (Å²) in [5.41, 5.74) is 2.97. The monoisotopic (exact) mass is 544 g/mol. The third-order valence-electron chi connectivity index (χ3n) is 20.0. The van der Waals surface area contributed by atoms with Crippen molar-refractivity contribution in [1.29, 1.82) is 0 Å². The Labute approximate surface area is 203 Å². The molecule has 10 aliphatic heterocycles. The van der Waals surface area contributed by atoms with E-state index in [1.807, 2.05) is 12.4 Å². The van der Waals surface area contributed by atoms with E-state index in [1.165, 1.54) is 49.7 Å². The molecule has 35 heavy (non-hydrogen) atoms. The molecule has 10 aliphatic rings. The Morgan fingerprint density at radius 1 is 0.800 bits per heavy atom. The van der Waals surface area contributed by atoms with Crippen molar-refractivity contribution in [2.75, 3.05) is 6.16 Å². The van der Waals surface area contributed by atoms with Crippen LogP contribution in [0.5, 0.6) is 0 Å². The average molecular weight is 544 g/mol. The summed E-state index contributed by atoms with van der Waals surface area (Å²) in [5.74, 6) is 0. The predicted molar refractivity (Wildman–Crippen MR) is 146 cm³/mol. The first-order chi connectivity index (χ1) is 16.2. The van der Waals surface area contributed by atoms with Crippen molar-refractivity contribution < 1.29 is 6.51 Å². The van der Waals surface area contributed by atoms with Gasteiger partial charge in [-0.15, -0.1) is 0 Å². The van der Waals surface area contributed by atoms with Gasteiger partial charge in [-0.3, -0.25) is 0 Å². The summed E-state index contributed by atoms with van der Waals surface area (Å²) in [6.07, 6.45) is 10.1. The van der Waals surface area contributed by atoms with Crippen LogP contribution in [0.2, 0.25) is 47.2 Å². The minimum atomic E-state index is -3.77. The molecule has 12 rings (SSSR count). The van der Waals surface area contributed by atoms with Gasteiger partial charge >= 0.3 is 204 Å². The molecule has 0 aromatic carbocycles. The second-order valence-corrected chi connectivity index (χ2v) is 46.2. The Bertz CT molecular complexity index is 1740. The number of pyridine rings is 2. The molecule has 6 atom stereocenters. The maximum absolute atomic E-state index is 4.74. The summed E-state index contributed by atoms with van der Waals surface area (Å²) in [4.78, 5) is 19.6. The summed E-state index contributed by atoms with van der Waals surface area (Å²) in [6.45, 7) is 11.7. The van der Waals surface area contributed by atoms with Gasteiger partial charge in [0.05, 0.1) is 0 Å². The molecule has 0 saturated carbocycles. The fourth-order valence-corrected chi connectivity index (χ4v) is 110. The quantitative estimate of drug-likeness (QED) is 0.278. The summed E-state index contributed by atoms with van der Waals surface area (Å²) in [7, 11) is 3.56. The number of aromatic nitrogens is 2. The van der Waals surface area contributed by atoms with E-state index in [9.17, 15) is 0 Å². The molecule has 186 valence electrons. The van der Waals surface area contributed by atoms with Crippen molar-refractivity contribution in [2.45, 2.75) is 104 Å². The summed E-state index contributed by atoms with van der Waals surface area (Å²) in [6, 6.07) is 9.28. The van der Waals surface area contributed by atoms with E-state index in [0.717, 1.165) is 4.31 Å². The van der Waals surface area contributed by atoms with Gasteiger partial charge in [0.25, 0.3) is 0 Å². The molecule has 0 aliphatic carbocycles. The Morgan fingerprint density at radius 3 is 1.63 bits per heavy atom. The molecular weight excluding hydrogens is 506 g/mol. The molecule has 2 nitrogen and oxygen atoms in total. The second-order valence-electron chi connectivity index (χ2n) is 18.1. The molecule has 0 bridgehead atoms. The van der Waals surface area contributed by atoms with Crippen molar-refractivity contribution in [3.63, 3.8) is 0 Å². The van der Waals surface area contributed by atoms with Crippen LogP contribution >= 0.6 is 17.2 Å². The molecular formula is C30H38FeN2P2. The fourth-order valence-electron chi connectivity index (χ4n) is 22.1. The van der Waals surface area contributed by atoms with Crippen LogP contribution in [0, 0.1) is 0 Å². The van der Waals surface area contributed by atoms with Crippen molar-refractivity contribution in [1.82, 2.24) is 9.97 Å². The van der Waals surface area contributed by atoms with Gasteiger partial charge in [0.2, 0.25) is 0 Å². The van der Waals surface area contributed by atoms with Crippen LogP contribution in [0.25, 0.3) is 0 Å². The van der Waals surface area contributed by atoms with E-state index >= 15 is 0 Å². The number of rotatable bonds is 5. The molecule has 0 radical (unpaired) electrons. The van der Waals surface area contributed by atoms with Crippen molar-refractivity contribution in [2.24, 2.45) is 0 Å². The van der Waals surface area contributed by atoms with E-state index < -0.39 is 6.51 Å². The van der Waals surface area contributed by atoms with Crippen molar-refractivity contribution in [3.05, 3.63) is 60.2 Å². The van der Waals surface area contributed by atoms with Crippen LogP contribution in [0.15, 0.2) is 49.1 Å². The van der Waals surface area contributed by atoms with E-state index in [-0.39, 0.29) is 13.1 Å². The van der Waals surface area contributed by atoms with Gasteiger partial charge in [-0.2, -0.15) is 0 Å². The first-order valence-electron chi connectivity index (χ1n) is 13.8. The van der Waals surface area contributed by atoms with Gasteiger partial charge < -0.3 is 0 Å². The minimum absolute atomic E-state index is 0.0244. The number of nitrogens with zero attached hydrogens (tertiary/aromatic N) is 2. The normalized spacial score (nSPS) is 67.7. The van der Waals surface area contributed by atoms with Crippen LogP contribution in [0.3, 0.4) is 0 Å². The van der Waals surface area contributed by atoms with E-state index in [2.05, 4.69) is 87.4 Å². The predicted octanol–water partition coefficient (Wildman–Crippen LogP) is 8.80. The standard InChI is InChI=1S/C25H33N2P2.C5H5.Fe/c1-23(2,3)29(24(4,5)6)18-19-10-7-13-22(19)25(28,20-11-8-14-26-16-20)21-12-9-15-27-17-21;1-2-4-5-3-1;/h7-17H,18,28H2,1-6H3;1-5H;. The number of fused-ring (bicyclic) bond motifs is 10. The fraction of sp³-hybridized carbons (Fsp3) is 0.667. The Morgan fingerprint density at radius 2 is 1.29 bits per heavy atom. The van der Waals surface area contributed by atoms with Crippen LogP contribution in [0.1, 0.15) is 52.7 Å². The molecule has 2 aromatic rings. The van der Waals surface area contributed by atoms with Crippen molar-refractivity contribution in [3.8, 4) is 0 Å². The molecule has 1 spiro atoms. The number of hydrogen-bond donors (Lipinski definition) is 0. The Kier molecular flexibility index (Phi) is 1.38. The van der Waals surface area contributed by atoms with Gasteiger partial charge in [0.15, 0.2) is 0 Å². The van der Waals surface area contributed by atoms with Gasteiger partial charge in [-0.25, -0.2) is 0 Å². The number of hydrogen-bond acceptors (Lipinski definition) is 2. The molecule has 5 heteroatoms. The maximum atomic E-state index is 4.74. The van der Waals surface area contributed by atoms with Crippen LogP contribution < -0.4 is 0 Å². The third-order valence-corrected chi connectivity index (χ3v) is 69.2. The molecule has 10 fully saturated rings. The van der Waals surface area contributed by atoms with Gasteiger partial charge in [0.1, 0.15) is 0 Å². The first kappa shape index (κ1) is 18.9. The molecule has 2 aromatic heterocycles. The van der Waals surface area contributed by atoms with Gasteiger partial charge in [0, 0.05) is 0 Å². The molecule has 12 heterocycles. The third kappa shape index (κ3) is 0.429. The van der Waals surface area contributed by atoms with E-state index in [0.29, 0.717) is 14.6 Å². The molecule has 10 saturated heterocycles. The van der Waals surface area contributed by atoms with Crippen LogP contribution in [-0.2, 0) is 11.7 Å². The van der Waals surface area contributed by atoms with Crippen LogP contribution in [-0.4, -0.2) is 26.4 Å². The van der Waals surface area contributed by atoms with Crippen molar-refractivity contribution >= 4 is 17.2 Å². The van der Waals surface area contributed by atoms with Crippen LogP contribution in [0.4, 0.5) is 0 Å². The second kappa shape index (κ2) is 2.55. The van der Waals surface area contributed by atoms with E-state index in [4.69, 9.17) is 9.97 Å². The Hall–Kier alpha value is -0.321. The average Bonchev–Trinajstić information content (AvgIpc) is 3.76. The topological polar surface area (TPSA) is 25.8 Å². The molecule has 6 unspecified atom stereocenters. The zero-order chi connectivity index (χ0) is 23.9. The van der Waals surface area contributed by atoms with Gasteiger partial charge in [-0.1, -0.05) is 0 Å². The SMILES string of the molecule is CC(C)(C)P(C[C]12[CH]3[CH]4[CH]5[C]1(C(P)(c1cccnc1)c1cccnc1)[Fe]43521678[CH]2[CH]1[CH]6[CH]7[CH]28)C(C)(C)C. The summed E-state index contributed by atoms with van der Waals surface area (Å²) < 4.78 is 1.39. The Balaban J connectivity index is 1.21. The first-order valence-corrected chi connectivity index (χ1v) is 22.1. The summed E-state index contributed by atoms with van der Waals surface area (Å²) >= 11 is 0.